The molecule has 1 aromatic heterocycles. The number of carbonyl (C=O) groups is 1. The summed E-state index contributed by atoms with van der Waals surface area (Å²) in [4.78, 5) is 22.7. The fourth-order valence-electron chi connectivity index (χ4n) is 3.77. The molecule has 3 fully saturated rings. The third-order valence-corrected chi connectivity index (χ3v) is 6.90. The monoisotopic (exact) mass is 363 g/mol. The molecular weight excluding hydrogens is 338 g/mol. The number of ether oxygens (including phenoxy) is 2. The molecule has 136 valence electrons. The fraction of sp³-hybridized carbons (Fsp3) is 0.722. The molecule has 0 N–H and O–H groups in total. The molecule has 3 aliphatic rings. The van der Waals surface area contributed by atoms with Gasteiger partial charge in [0.25, 0.3) is 5.91 Å². The predicted octanol–water partition coefficient (Wildman–Crippen LogP) is 1.93. The summed E-state index contributed by atoms with van der Waals surface area (Å²) in [5.41, 5.74) is 1.27. The highest BCUT2D eigenvalue weighted by atomic mass is 32.2. The Kier molecular flexibility index (Phi) is 4.97. The number of aryl methyl sites for hydroxylation is 1. The zero-order chi connectivity index (χ0) is 17.3. The maximum Gasteiger partial charge on any atom is 0.274 e. The first-order valence-corrected chi connectivity index (χ1v) is 10.0. The van der Waals surface area contributed by atoms with Crippen LogP contribution in [0.2, 0.25) is 0 Å². The van der Waals surface area contributed by atoms with Gasteiger partial charge in [0.2, 0.25) is 0 Å². The van der Waals surface area contributed by atoms with Crippen molar-refractivity contribution in [2.24, 2.45) is 5.92 Å². The number of amides is 1. The van der Waals surface area contributed by atoms with Gasteiger partial charge in [-0.1, -0.05) is 0 Å². The SMILES string of the molecule is Cc1cnc(C(=O)N2CC3(C[C@H](OCC4CCOCC4)CS3)C2)cn1. The fourth-order valence-corrected chi connectivity index (χ4v) is 5.32. The summed E-state index contributed by atoms with van der Waals surface area (Å²) in [6.07, 6.45) is 6.82. The second-order valence-corrected chi connectivity index (χ2v) is 8.90. The zero-order valence-corrected chi connectivity index (χ0v) is 15.5. The van der Waals surface area contributed by atoms with Gasteiger partial charge in [-0.3, -0.25) is 9.78 Å². The van der Waals surface area contributed by atoms with Crippen LogP contribution in [0.25, 0.3) is 0 Å². The molecule has 1 aromatic rings. The number of carbonyl (C=O) groups excluding carboxylic acids is 1. The van der Waals surface area contributed by atoms with Gasteiger partial charge in [-0.2, -0.15) is 0 Å². The van der Waals surface area contributed by atoms with E-state index in [0.717, 1.165) is 63.6 Å². The van der Waals surface area contributed by atoms with E-state index in [1.54, 1.807) is 12.4 Å². The Morgan fingerprint density at radius 3 is 2.88 bits per heavy atom. The third-order valence-electron chi connectivity index (χ3n) is 5.33. The first kappa shape index (κ1) is 17.2. The lowest BCUT2D eigenvalue weighted by molar-refractivity contribution is -0.0119. The molecule has 6 nitrogen and oxygen atoms in total. The van der Waals surface area contributed by atoms with Crippen LogP contribution in [0.5, 0.6) is 0 Å². The zero-order valence-electron chi connectivity index (χ0n) is 14.6. The first-order valence-electron chi connectivity index (χ1n) is 9.05. The molecule has 1 amide bonds. The Hall–Kier alpha value is -1.18. The number of thioether (sulfide) groups is 1. The van der Waals surface area contributed by atoms with Crippen LogP contribution in [0.15, 0.2) is 12.4 Å². The summed E-state index contributed by atoms with van der Waals surface area (Å²) >= 11 is 1.97. The molecule has 25 heavy (non-hydrogen) atoms. The van der Waals surface area contributed by atoms with E-state index >= 15 is 0 Å². The van der Waals surface area contributed by atoms with Gasteiger partial charge in [0, 0.05) is 44.9 Å². The van der Waals surface area contributed by atoms with Crippen LogP contribution in [0.1, 0.15) is 35.4 Å². The lowest BCUT2D eigenvalue weighted by Gasteiger charge is -2.47. The summed E-state index contributed by atoms with van der Waals surface area (Å²) in [6.45, 7) is 6.06. The molecule has 3 saturated heterocycles. The molecule has 0 aromatic carbocycles. The third kappa shape index (κ3) is 3.83. The van der Waals surface area contributed by atoms with E-state index < -0.39 is 0 Å². The molecule has 0 unspecified atom stereocenters. The van der Waals surface area contributed by atoms with Crippen molar-refractivity contribution in [2.45, 2.75) is 37.0 Å². The summed E-state index contributed by atoms with van der Waals surface area (Å²) in [7, 11) is 0. The molecule has 7 heteroatoms. The van der Waals surface area contributed by atoms with Crippen LogP contribution < -0.4 is 0 Å². The number of nitrogens with zero attached hydrogens (tertiary/aromatic N) is 3. The Morgan fingerprint density at radius 2 is 2.16 bits per heavy atom. The molecule has 4 rings (SSSR count). The molecule has 3 aliphatic heterocycles. The van der Waals surface area contributed by atoms with Gasteiger partial charge >= 0.3 is 0 Å². The first-order chi connectivity index (χ1) is 12.1. The van der Waals surface area contributed by atoms with Crippen LogP contribution in [0, 0.1) is 12.8 Å². The highest BCUT2D eigenvalue weighted by molar-refractivity contribution is 8.01. The molecule has 0 aliphatic carbocycles. The van der Waals surface area contributed by atoms with Crippen molar-refractivity contribution >= 4 is 17.7 Å². The topological polar surface area (TPSA) is 64.6 Å². The van der Waals surface area contributed by atoms with E-state index in [9.17, 15) is 4.79 Å². The molecule has 0 bridgehead atoms. The minimum atomic E-state index is -0.00898. The van der Waals surface area contributed by atoms with Gasteiger partial charge in [-0.25, -0.2) is 4.98 Å². The number of hydrogen-bond donors (Lipinski definition) is 0. The van der Waals surface area contributed by atoms with E-state index in [1.165, 1.54) is 0 Å². The normalized spacial score (nSPS) is 26.0. The van der Waals surface area contributed by atoms with Crippen molar-refractivity contribution in [1.29, 1.82) is 0 Å². The van der Waals surface area contributed by atoms with Crippen LogP contribution in [0.4, 0.5) is 0 Å². The highest BCUT2D eigenvalue weighted by Crippen LogP contribution is 2.46. The average molecular weight is 363 g/mol. The van der Waals surface area contributed by atoms with Crippen molar-refractivity contribution < 1.29 is 14.3 Å². The van der Waals surface area contributed by atoms with Crippen LogP contribution >= 0.6 is 11.8 Å². The standard InChI is InChI=1S/C18H25N3O3S/c1-13-7-20-16(8-19-13)17(22)21-11-18(12-21)6-15(10-25-18)24-9-14-2-4-23-5-3-14/h7-8,14-15H,2-6,9-12H2,1H3/t15-/m0/s1. The van der Waals surface area contributed by atoms with Crippen molar-refractivity contribution in [3.05, 3.63) is 23.8 Å². The van der Waals surface area contributed by atoms with Gasteiger partial charge < -0.3 is 14.4 Å². The quantitative estimate of drug-likeness (QED) is 0.814. The minimum absolute atomic E-state index is 0.00898. The Morgan fingerprint density at radius 1 is 1.36 bits per heavy atom. The largest absolute Gasteiger partial charge is 0.381 e. The lowest BCUT2D eigenvalue weighted by atomic mass is 9.92. The Balaban J connectivity index is 1.24. The Labute approximate surface area is 152 Å². The van der Waals surface area contributed by atoms with Gasteiger partial charge in [0.05, 0.1) is 22.7 Å². The number of aromatic nitrogens is 2. The van der Waals surface area contributed by atoms with Gasteiger partial charge in [0.15, 0.2) is 0 Å². The van der Waals surface area contributed by atoms with Crippen molar-refractivity contribution in [1.82, 2.24) is 14.9 Å². The van der Waals surface area contributed by atoms with E-state index in [1.807, 2.05) is 23.6 Å². The van der Waals surface area contributed by atoms with Crippen molar-refractivity contribution in [3.8, 4) is 0 Å². The maximum absolute atomic E-state index is 12.5. The van der Waals surface area contributed by atoms with Gasteiger partial charge in [-0.05, 0) is 32.1 Å². The molecular formula is C18H25N3O3S. The lowest BCUT2D eigenvalue weighted by Crippen LogP contribution is -2.60. The summed E-state index contributed by atoms with van der Waals surface area (Å²) in [5, 5.41) is 0. The second-order valence-electron chi connectivity index (χ2n) is 7.41. The van der Waals surface area contributed by atoms with E-state index in [2.05, 4.69) is 9.97 Å². The van der Waals surface area contributed by atoms with E-state index in [-0.39, 0.29) is 10.7 Å². The number of likely N-dealkylation sites (tertiary alicyclic amines) is 1. The Bertz CT molecular complexity index is 612. The molecule has 4 heterocycles. The smallest absolute Gasteiger partial charge is 0.274 e. The average Bonchev–Trinajstić information content (AvgIpc) is 3.04. The molecule has 1 atom stereocenters. The summed E-state index contributed by atoms with van der Waals surface area (Å²) in [6, 6.07) is 0. The molecule has 0 radical (unpaired) electrons. The van der Waals surface area contributed by atoms with E-state index in [4.69, 9.17) is 9.47 Å². The van der Waals surface area contributed by atoms with Crippen LogP contribution in [0.3, 0.4) is 0 Å². The van der Waals surface area contributed by atoms with Crippen molar-refractivity contribution in [3.63, 3.8) is 0 Å². The molecule has 0 saturated carbocycles. The number of hydrogen-bond acceptors (Lipinski definition) is 6. The van der Waals surface area contributed by atoms with Crippen molar-refractivity contribution in [2.75, 3.05) is 38.7 Å². The highest BCUT2D eigenvalue weighted by Gasteiger charge is 2.51. The summed E-state index contributed by atoms with van der Waals surface area (Å²) < 4.78 is 11.8. The number of rotatable bonds is 4. The molecule has 1 spiro atoms. The second kappa shape index (κ2) is 7.21. The minimum Gasteiger partial charge on any atom is -0.381 e. The summed E-state index contributed by atoms with van der Waals surface area (Å²) in [5.74, 6) is 1.68. The van der Waals surface area contributed by atoms with Crippen LogP contribution in [-0.4, -0.2) is 70.3 Å². The predicted molar refractivity (Wildman–Crippen MR) is 95.8 cm³/mol. The van der Waals surface area contributed by atoms with Gasteiger partial charge in [0.1, 0.15) is 5.69 Å². The van der Waals surface area contributed by atoms with Crippen LogP contribution in [-0.2, 0) is 9.47 Å². The van der Waals surface area contributed by atoms with Gasteiger partial charge in [-0.15, -0.1) is 11.8 Å². The van der Waals surface area contributed by atoms with E-state index in [0.29, 0.717) is 17.7 Å². The maximum atomic E-state index is 12.5.